The quantitative estimate of drug-likeness (QED) is 0.443. The number of nitrogens with zero attached hydrogens (tertiary/aromatic N) is 2. The molecule has 1 N–H and O–H groups in total. The van der Waals surface area contributed by atoms with Gasteiger partial charge in [0.25, 0.3) is 0 Å². The summed E-state index contributed by atoms with van der Waals surface area (Å²) < 4.78 is 0. The molecule has 0 fully saturated rings. The Morgan fingerprint density at radius 2 is 1.79 bits per heavy atom. The zero-order valence-corrected chi connectivity index (χ0v) is 17.4. The predicted molar refractivity (Wildman–Crippen MR) is 119 cm³/mol. The Kier molecular flexibility index (Phi) is 6.06. The lowest BCUT2D eigenvalue weighted by molar-refractivity contribution is -0.131. The maximum Gasteiger partial charge on any atom is 0.223 e. The molecule has 4 nitrogen and oxygen atoms in total. The molecule has 0 saturated heterocycles. The van der Waals surface area contributed by atoms with E-state index < -0.39 is 0 Å². The molecule has 0 bridgehead atoms. The van der Waals surface area contributed by atoms with Crippen molar-refractivity contribution in [1.82, 2.24) is 14.9 Å². The van der Waals surface area contributed by atoms with E-state index in [1.807, 2.05) is 47.4 Å². The number of carbonyl (C=O) groups is 1. The average Bonchev–Trinajstić information content (AvgIpc) is 3.35. The first-order chi connectivity index (χ1) is 14.2. The summed E-state index contributed by atoms with van der Waals surface area (Å²) in [5.41, 5.74) is 3.22. The highest BCUT2D eigenvalue weighted by Crippen LogP contribution is 2.19. The molecule has 2 heterocycles. The fraction of sp³-hybridized carbons (Fsp3) is 0.250. The van der Waals surface area contributed by atoms with Gasteiger partial charge >= 0.3 is 0 Å². The van der Waals surface area contributed by atoms with Crippen LogP contribution in [0.4, 0.5) is 0 Å². The standard InChI is InChI=1S/C24H25N3OS/c1-18-11-12-20(29-18)17-27(16-15-19-7-3-2-4-8-19)24(28)14-13-23-25-21-9-5-6-10-22(21)26-23/h2-12H,13-17H2,1H3,(H,25,26). The van der Waals surface area contributed by atoms with E-state index in [0.29, 0.717) is 19.4 Å². The van der Waals surface area contributed by atoms with Crippen molar-refractivity contribution in [1.29, 1.82) is 0 Å². The number of para-hydroxylation sites is 2. The fourth-order valence-electron chi connectivity index (χ4n) is 3.47. The third kappa shape index (κ3) is 5.12. The molecule has 0 spiro atoms. The molecule has 4 aromatic rings. The van der Waals surface area contributed by atoms with Crippen molar-refractivity contribution >= 4 is 28.3 Å². The first-order valence-corrected chi connectivity index (χ1v) is 10.8. The van der Waals surface area contributed by atoms with Crippen molar-refractivity contribution in [3.8, 4) is 0 Å². The highest BCUT2D eigenvalue weighted by molar-refractivity contribution is 7.11. The molecule has 0 unspecified atom stereocenters. The van der Waals surface area contributed by atoms with E-state index in [1.54, 1.807) is 11.3 Å². The highest BCUT2D eigenvalue weighted by Gasteiger charge is 2.16. The van der Waals surface area contributed by atoms with Crippen molar-refractivity contribution < 1.29 is 4.79 Å². The number of aromatic amines is 1. The average molecular weight is 404 g/mol. The first-order valence-electron chi connectivity index (χ1n) is 9.98. The lowest BCUT2D eigenvalue weighted by atomic mass is 10.1. The summed E-state index contributed by atoms with van der Waals surface area (Å²) in [5.74, 6) is 1.04. The lowest BCUT2D eigenvalue weighted by Gasteiger charge is -2.22. The van der Waals surface area contributed by atoms with Crippen molar-refractivity contribution in [2.24, 2.45) is 0 Å². The van der Waals surface area contributed by atoms with Crippen molar-refractivity contribution in [2.75, 3.05) is 6.54 Å². The molecule has 2 aromatic heterocycles. The first kappa shape index (κ1) is 19.4. The van der Waals surface area contributed by atoms with Gasteiger partial charge in [-0.05, 0) is 43.2 Å². The van der Waals surface area contributed by atoms with Gasteiger partial charge in [-0.1, -0.05) is 42.5 Å². The molecule has 0 aliphatic carbocycles. The second-order valence-electron chi connectivity index (χ2n) is 7.26. The smallest absolute Gasteiger partial charge is 0.223 e. The minimum atomic E-state index is 0.174. The van der Waals surface area contributed by atoms with E-state index in [0.717, 1.165) is 29.8 Å². The monoisotopic (exact) mass is 403 g/mol. The van der Waals surface area contributed by atoms with Gasteiger partial charge in [-0.15, -0.1) is 11.3 Å². The number of nitrogens with one attached hydrogen (secondary N) is 1. The van der Waals surface area contributed by atoms with E-state index in [-0.39, 0.29) is 5.91 Å². The fourth-order valence-corrected chi connectivity index (χ4v) is 4.37. The molecule has 0 saturated carbocycles. The second-order valence-corrected chi connectivity index (χ2v) is 8.64. The number of benzene rings is 2. The molecule has 0 atom stereocenters. The van der Waals surface area contributed by atoms with Crippen LogP contribution in [0.25, 0.3) is 11.0 Å². The summed E-state index contributed by atoms with van der Waals surface area (Å²) in [6, 6.07) is 22.6. The number of aromatic nitrogens is 2. The van der Waals surface area contributed by atoms with Gasteiger partial charge in [0.15, 0.2) is 0 Å². The molecule has 2 aromatic carbocycles. The van der Waals surface area contributed by atoms with Crippen LogP contribution in [0.2, 0.25) is 0 Å². The number of carbonyl (C=O) groups excluding carboxylic acids is 1. The van der Waals surface area contributed by atoms with Gasteiger partial charge in [0.1, 0.15) is 5.82 Å². The number of rotatable bonds is 8. The number of hydrogen-bond donors (Lipinski definition) is 1. The molecular formula is C24H25N3OS. The van der Waals surface area contributed by atoms with Gasteiger partial charge in [0.05, 0.1) is 17.6 Å². The number of H-pyrrole nitrogens is 1. The highest BCUT2D eigenvalue weighted by atomic mass is 32.1. The van der Waals surface area contributed by atoms with Gasteiger partial charge in [0, 0.05) is 29.1 Å². The van der Waals surface area contributed by atoms with Gasteiger partial charge < -0.3 is 9.88 Å². The van der Waals surface area contributed by atoms with Crippen LogP contribution >= 0.6 is 11.3 Å². The predicted octanol–water partition coefficient (Wildman–Crippen LogP) is 5.14. The Hall–Kier alpha value is -2.92. The van der Waals surface area contributed by atoms with E-state index in [2.05, 4.69) is 41.2 Å². The number of hydrogen-bond acceptors (Lipinski definition) is 3. The van der Waals surface area contributed by atoms with Gasteiger partial charge in [-0.2, -0.15) is 0 Å². The Bertz CT molecular complexity index is 1050. The molecule has 1 amide bonds. The van der Waals surface area contributed by atoms with Crippen LogP contribution in [0, 0.1) is 6.92 Å². The summed E-state index contributed by atoms with van der Waals surface area (Å²) >= 11 is 1.76. The van der Waals surface area contributed by atoms with Crippen LogP contribution in [0.5, 0.6) is 0 Å². The SMILES string of the molecule is Cc1ccc(CN(CCc2ccccc2)C(=O)CCc2nc3ccccc3[nH]2)s1. The van der Waals surface area contributed by atoms with E-state index in [4.69, 9.17) is 0 Å². The topological polar surface area (TPSA) is 49.0 Å². The van der Waals surface area contributed by atoms with Gasteiger partial charge in [-0.3, -0.25) is 4.79 Å². The zero-order valence-electron chi connectivity index (χ0n) is 16.6. The zero-order chi connectivity index (χ0) is 20.1. The number of aryl methyl sites for hydroxylation is 2. The van der Waals surface area contributed by atoms with Gasteiger partial charge in [-0.25, -0.2) is 4.98 Å². The van der Waals surface area contributed by atoms with Crippen LogP contribution in [0.3, 0.4) is 0 Å². The largest absolute Gasteiger partial charge is 0.342 e. The summed E-state index contributed by atoms with van der Waals surface area (Å²) in [6.45, 7) is 3.50. The number of imidazole rings is 1. The van der Waals surface area contributed by atoms with Crippen LogP contribution in [-0.2, 0) is 24.2 Å². The summed E-state index contributed by atoms with van der Waals surface area (Å²) in [5, 5.41) is 0. The molecular weight excluding hydrogens is 378 g/mol. The van der Waals surface area contributed by atoms with Crippen LogP contribution < -0.4 is 0 Å². The molecule has 0 aliphatic rings. The summed E-state index contributed by atoms with van der Waals surface area (Å²) in [4.78, 5) is 25.5. The Morgan fingerprint density at radius 3 is 2.55 bits per heavy atom. The Labute approximate surface area is 175 Å². The van der Waals surface area contributed by atoms with Crippen molar-refractivity contribution in [3.63, 3.8) is 0 Å². The number of thiophene rings is 1. The van der Waals surface area contributed by atoms with E-state index >= 15 is 0 Å². The van der Waals surface area contributed by atoms with Crippen LogP contribution in [0.1, 0.15) is 27.6 Å². The second kappa shape index (κ2) is 9.05. The molecule has 4 rings (SSSR count). The molecule has 0 aliphatic heterocycles. The van der Waals surface area contributed by atoms with E-state index in [9.17, 15) is 4.79 Å². The summed E-state index contributed by atoms with van der Waals surface area (Å²) in [6.07, 6.45) is 1.94. The normalized spacial score (nSPS) is 11.1. The maximum absolute atomic E-state index is 13.1. The number of amides is 1. The third-order valence-corrected chi connectivity index (χ3v) is 6.01. The number of fused-ring (bicyclic) bond motifs is 1. The summed E-state index contributed by atoms with van der Waals surface area (Å²) in [7, 11) is 0. The van der Waals surface area contributed by atoms with Crippen molar-refractivity contribution in [3.05, 3.63) is 87.9 Å². The maximum atomic E-state index is 13.1. The minimum Gasteiger partial charge on any atom is -0.342 e. The Morgan fingerprint density at radius 1 is 1.00 bits per heavy atom. The van der Waals surface area contributed by atoms with E-state index in [1.165, 1.54) is 15.3 Å². The lowest BCUT2D eigenvalue weighted by Crippen LogP contribution is -2.32. The molecule has 148 valence electrons. The minimum absolute atomic E-state index is 0.174. The van der Waals surface area contributed by atoms with Gasteiger partial charge in [0.2, 0.25) is 5.91 Å². The third-order valence-electron chi connectivity index (χ3n) is 5.02. The molecule has 29 heavy (non-hydrogen) atoms. The van der Waals surface area contributed by atoms with Crippen molar-refractivity contribution in [2.45, 2.75) is 32.7 Å². The Balaban J connectivity index is 1.42. The van der Waals surface area contributed by atoms with Crippen LogP contribution in [0.15, 0.2) is 66.7 Å². The molecule has 5 heteroatoms. The van der Waals surface area contributed by atoms with Crippen LogP contribution in [-0.4, -0.2) is 27.3 Å². The molecule has 0 radical (unpaired) electrons.